The van der Waals surface area contributed by atoms with Gasteiger partial charge in [0.25, 0.3) is 5.91 Å². The van der Waals surface area contributed by atoms with Gasteiger partial charge in [-0.15, -0.1) is 0 Å². The number of pyridine rings is 1. The zero-order valence-electron chi connectivity index (χ0n) is 21.9. The summed E-state index contributed by atoms with van der Waals surface area (Å²) in [6, 6.07) is 8.55. The van der Waals surface area contributed by atoms with Crippen LogP contribution in [-0.4, -0.2) is 76.9 Å². The van der Waals surface area contributed by atoms with E-state index in [1.54, 1.807) is 44.6 Å². The average Bonchev–Trinajstić information content (AvgIpc) is 3.25. The number of likely N-dealkylation sites (N-methyl/N-ethyl adjacent to an activating group) is 1. The van der Waals surface area contributed by atoms with Gasteiger partial charge in [0.05, 0.1) is 19.2 Å². The predicted octanol–water partition coefficient (Wildman–Crippen LogP) is 1.57. The maximum Gasteiger partial charge on any atom is 0.251 e. The van der Waals surface area contributed by atoms with Crippen molar-refractivity contribution in [2.75, 3.05) is 32.1 Å². The number of benzene rings is 1. The average molecular weight is 507 g/mol. The molecule has 1 unspecified atom stereocenters. The number of likely N-dealkylation sites (tertiary alicyclic amines) is 1. The molecule has 3 rings (SSSR count). The summed E-state index contributed by atoms with van der Waals surface area (Å²) in [6.07, 6.45) is 4.25. The lowest BCUT2D eigenvalue weighted by Crippen LogP contribution is -2.51. The van der Waals surface area contributed by atoms with Gasteiger partial charge < -0.3 is 15.3 Å². The Labute approximate surface area is 217 Å². The molecule has 1 aromatic heterocycles. The van der Waals surface area contributed by atoms with Gasteiger partial charge in [0.15, 0.2) is 6.19 Å². The number of rotatable bonds is 7. The zero-order valence-corrected chi connectivity index (χ0v) is 21.9. The third kappa shape index (κ3) is 6.43. The first-order valence-corrected chi connectivity index (χ1v) is 12.1. The first kappa shape index (κ1) is 27.6. The molecule has 1 fully saturated rings. The summed E-state index contributed by atoms with van der Waals surface area (Å²) < 4.78 is 0. The van der Waals surface area contributed by atoms with Crippen molar-refractivity contribution < 1.29 is 19.5 Å². The van der Waals surface area contributed by atoms with Gasteiger partial charge >= 0.3 is 0 Å². The van der Waals surface area contributed by atoms with Crippen LogP contribution in [0.5, 0.6) is 0 Å². The number of aliphatic hydroxyl groups is 1. The minimum absolute atomic E-state index is 0.0325. The number of aromatic nitrogens is 1. The van der Waals surface area contributed by atoms with Crippen LogP contribution in [0.4, 0.5) is 5.69 Å². The highest BCUT2D eigenvalue weighted by molar-refractivity contribution is 6.04. The van der Waals surface area contributed by atoms with Gasteiger partial charge in [0, 0.05) is 44.2 Å². The number of carbonyl (C=O) groups is 3. The molecule has 1 aromatic carbocycles. The maximum absolute atomic E-state index is 14.1. The zero-order chi connectivity index (χ0) is 27.3. The van der Waals surface area contributed by atoms with Crippen LogP contribution in [0.1, 0.15) is 44.4 Å². The Kier molecular flexibility index (Phi) is 8.50. The largest absolute Gasteiger partial charge is 0.391 e. The number of nitrogens with zero attached hydrogens (tertiary/aromatic N) is 5. The van der Waals surface area contributed by atoms with E-state index in [9.17, 15) is 24.8 Å². The van der Waals surface area contributed by atoms with Gasteiger partial charge in [-0.2, -0.15) is 5.26 Å². The Balaban J connectivity index is 2.11. The Hall–Kier alpha value is -3.97. The summed E-state index contributed by atoms with van der Waals surface area (Å²) >= 11 is 0. The van der Waals surface area contributed by atoms with Crippen LogP contribution in [0.25, 0.3) is 0 Å². The molecule has 10 nitrogen and oxygen atoms in total. The van der Waals surface area contributed by atoms with Crippen LogP contribution in [-0.2, 0) is 19.8 Å². The number of anilines is 1. The van der Waals surface area contributed by atoms with Gasteiger partial charge in [-0.25, -0.2) is 0 Å². The van der Waals surface area contributed by atoms with E-state index in [1.165, 1.54) is 20.9 Å². The highest BCUT2D eigenvalue weighted by atomic mass is 16.3. The molecule has 0 saturated carbocycles. The Morgan fingerprint density at radius 3 is 2.43 bits per heavy atom. The Bertz CT molecular complexity index is 1150. The van der Waals surface area contributed by atoms with Crippen LogP contribution in [0.3, 0.4) is 0 Å². The van der Waals surface area contributed by atoms with E-state index < -0.39 is 30.0 Å². The topological polar surface area (TPSA) is 130 Å². The molecular weight excluding hydrogens is 472 g/mol. The molecule has 10 heteroatoms. The van der Waals surface area contributed by atoms with Crippen LogP contribution in [0.2, 0.25) is 0 Å². The van der Waals surface area contributed by atoms with Crippen LogP contribution >= 0.6 is 0 Å². The number of nitriles is 1. The smallest absolute Gasteiger partial charge is 0.251 e. The minimum Gasteiger partial charge on any atom is -0.391 e. The quantitative estimate of drug-likeness (QED) is 0.545. The SMILES string of the molecule is CN(C)C(=O)CNC(=O)C(c1cccnc1)N(C(=O)[C@H]1C[C@@H](O)CN1C#N)c1ccc(C(C)(C)C)cc1. The molecule has 0 aliphatic carbocycles. The van der Waals surface area contributed by atoms with Gasteiger partial charge in [-0.05, 0) is 29.2 Å². The van der Waals surface area contributed by atoms with Crippen molar-refractivity contribution in [3.63, 3.8) is 0 Å². The van der Waals surface area contributed by atoms with E-state index in [4.69, 9.17) is 0 Å². The summed E-state index contributed by atoms with van der Waals surface area (Å²) in [5.74, 6) is -1.39. The molecule has 2 N–H and O–H groups in total. The Morgan fingerprint density at radius 1 is 1.22 bits per heavy atom. The molecule has 1 aliphatic rings. The highest BCUT2D eigenvalue weighted by Gasteiger charge is 2.42. The Morgan fingerprint density at radius 2 is 1.89 bits per heavy atom. The van der Waals surface area contributed by atoms with Crippen molar-refractivity contribution in [1.29, 1.82) is 5.26 Å². The van der Waals surface area contributed by atoms with Gasteiger partial charge in [0.2, 0.25) is 11.8 Å². The van der Waals surface area contributed by atoms with E-state index in [0.717, 1.165) is 5.56 Å². The number of β-amino-alcohol motifs (C(OH)–C–C–N with tert-alkyl or cyclic N) is 1. The lowest BCUT2D eigenvalue weighted by Gasteiger charge is -2.34. The number of amides is 3. The molecule has 1 aliphatic heterocycles. The lowest BCUT2D eigenvalue weighted by molar-refractivity contribution is -0.132. The molecule has 0 radical (unpaired) electrons. The van der Waals surface area contributed by atoms with Crippen molar-refractivity contribution in [2.45, 2.75) is 50.8 Å². The molecule has 0 spiro atoms. The van der Waals surface area contributed by atoms with Gasteiger partial charge in [-0.3, -0.25) is 29.2 Å². The van der Waals surface area contributed by atoms with Crippen molar-refractivity contribution in [3.8, 4) is 6.19 Å². The molecule has 3 atom stereocenters. The van der Waals surface area contributed by atoms with Crippen molar-refractivity contribution in [1.82, 2.24) is 20.1 Å². The maximum atomic E-state index is 14.1. The molecule has 37 heavy (non-hydrogen) atoms. The number of nitrogens with one attached hydrogen (secondary N) is 1. The standard InChI is InChI=1S/C27H34N6O4/c1-27(2,3)19-8-10-20(11-9-19)33(26(37)22-13-21(34)16-32(22)17-28)24(18-7-6-12-29-14-18)25(36)30-15-23(35)31(4)5/h6-12,14,21-22,24,34H,13,15-16H2,1-5H3,(H,30,36)/t21-,22-,24?/m1/s1. The third-order valence-corrected chi connectivity index (χ3v) is 6.36. The van der Waals surface area contributed by atoms with Gasteiger partial charge in [-0.1, -0.05) is 39.0 Å². The summed E-state index contributed by atoms with van der Waals surface area (Å²) in [4.78, 5) is 47.9. The fourth-order valence-corrected chi connectivity index (χ4v) is 4.22. The highest BCUT2D eigenvalue weighted by Crippen LogP contribution is 2.33. The normalized spacial score (nSPS) is 18.0. The predicted molar refractivity (Wildman–Crippen MR) is 138 cm³/mol. The molecule has 196 valence electrons. The molecular formula is C27H34N6O4. The lowest BCUT2D eigenvalue weighted by atomic mass is 9.87. The first-order valence-electron chi connectivity index (χ1n) is 12.1. The van der Waals surface area contributed by atoms with E-state index in [1.807, 2.05) is 18.3 Å². The second-order valence-corrected chi connectivity index (χ2v) is 10.4. The van der Waals surface area contributed by atoms with E-state index in [-0.39, 0.29) is 30.8 Å². The first-order chi connectivity index (χ1) is 17.4. The fraction of sp³-hybridized carbons (Fsp3) is 0.444. The second-order valence-electron chi connectivity index (χ2n) is 10.4. The fourth-order valence-electron chi connectivity index (χ4n) is 4.22. The number of carbonyl (C=O) groups excluding carboxylic acids is 3. The van der Waals surface area contributed by atoms with Crippen LogP contribution in [0, 0.1) is 11.5 Å². The van der Waals surface area contributed by atoms with Crippen molar-refractivity contribution in [2.24, 2.45) is 0 Å². The van der Waals surface area contributed by atoms with Crippen LogP contribution in [0.15, 0.2) is 48.8 Å². The molecule has 2 aromatic rings. The van der Waals surface area contributed by atoms with E-state index >= 15 is 0 Å². The molecule has 2 heterocycles. The van der Waals surface area contributed by atoms with E-state index in [2.05, 4.69) is 31.1 Å². The monoisotopic (exact) mass is 506 g/mol. The molecule has 0 bridgehead atoms. The summed E-state index contributed by atoms with van der Waals surface area (Å²) in [6.45, 7) is 6.00. The molecule has 1 saturated heterocycles. The van der Waals surface area contributed by atoms with Crippen molar-refractivity contribution >= 4 is 23.4 Å². The third-order valence-electron chi connectivity index (χ3n) is 6.36. The van der Waals surface area contributed by atoms with E-state index in [0.29, 0.717) is 11.3 Å². The van der Waals surface area contributed by atoms with Crippen molar-refractivity contribution in [3.05, 3.63) is 59.9 Å². The summed E-state index contributed by atoms with van der Waals surface area (Å²) in [5, 5.41) is 22.4. The number of hydrogen-bond donors (Lipinski definition) is 2. The number of aliphatic hydroxyl groups excluding tert-OH is 1. The van der Waals surface area contributed by atoms with Gasteiger partial charge in [0.1, 0.15) is 12.1 Å². The summed E-state index contributed by atoms with van der Waals surface area (Å²) in [5.41, 5.74) is 1.79. The molecule has 3 amide bonds. The number of hydrogen-bond acceptors (Lipinski definition) is 7. The second kappa shape index (κ2) is 11.4. The minimum atomic E-state index is -1.17. The van der Waals surface area contributed by atoms with Crippen LogP contribution < -0.4 is 10.2 Å². The summed E-state index contributed by atoms with van der Waals surface area (Å²) in [7, 11) is 3.17.